The van der Waals surface area contributed by atoms with Crippen LogP contribution in [-0.4, -0.2) is 39.5 Å². The molecule has 24 heavy (non-hydrogen) atoms. The molecule has 0 spiro atoms. The highest BCUT2D eigenvalue weighted by atomic mass is 16.6. The van der Waals surface area contributed by atoms with E-state index in [1.165, 1.54) is 7.11 Å². The number of rotatable bonds is 6. The largest absolute Gasteiger partial charge is 0.497 e. The summed E-state index contributed by atoms with van der Waals surface area (Å²) in [6, 6.07) is 5.99. The van der Waals surface area contributed by atoms with E-state index in [1.807, 2.05) is 18.2 Å². The van der Waals surface area contributed by atoms with Crippen LogP contribution in [0.4, 0.5) is 0 Å². The molecule has 5 nitrogen and oxygen atoms in total. The molecule has 0 radical (unpaired) electrons. The van der Waals surface area contributed by atoms with Crippen LogP contribution in [0.3, 0.4) is 0 Å². The first kappa shape index (κ1) is 17.3. The van der Waals surface area contributed by atoms with Crippen molar-refractivity contribution in [2.24, 2.45) is 5.41 Å². The van der Waals surface area contributed by atoms with Crippen LogP contribution in [0.5, 0.6) is 5.75 Å². The number of ether oxygens (including phenoxy) is 2. The maximum Gasteiger partial charge on any atom is 0.497 e. The predicted octanol–water partition coefficient (Wildman–Crippen LogP) is 2.10. The Labute approximate surface area is 143 Å². The van der Waals surface area contributed by atoms with Crippen LogP contribution < -0.4 is 10.2 Å². The molecular formula is C18H25BO5. The molecule has 130 valence electrons. The van der Waals surface area contributed by atoms with Gasteiger partial charge in [-0.15, -0.1) is 0 Å². The fourth-order valence-electron chi connectivity index (χ4n) is 2.63. The third-order valence-electron chi connectivity index (χ3n) is 4.24. The molecule has 0 N–H and O–H groups in total. The number of benzene rings is 1. The van der Waals surface area contributed by atoms with Crippen LogP contribution in [0.2, 0.25) is 0 Å². The highest BCUT2D eigenvalue weighted by molar-refractivity contribution is 6.62. The normalized spacial score (nSPS) is 19.9. The number of methoxy groups -OCH3 is 1. The Morgan fingerprint density at radius 2 is 2.00 bits per heavy atom. The summed E-state index contributed by atoms with van der Waals surface area (Å²) < 4.78 is 22.6. The van der Waals surface area contributed by atoms with Crippen LogP contribution in [0, 0.1) is 5.41 Å². The molecule has 0 atom stereocenters. The van der Waals surface area contributed by atoms with Gasteiger partial charge in [0, 0.05) is 30.5 Å². The first-order valence-corrected chi connectivity index (χ1v) is 8.56. The van der Waals surface area contributed by atoms with Gasteiger partial charge in [-0.25, -0.2) is 0 Å². The summed E-state index contributed by atoms with van der Waals surface area (Å²) in [7, 11) is 0.996. The summed E-state index contributed by atoms with van der Waals surface area (Å²) in [6.45, 7) is 5.54. The zero-order valence-electron chi connectivity index (χ0n) is 14.7. The van der Waals surface area contributed by atoms with Crippen molar-refractivity contribution >= 4 is 18.6 Å². The minimum absolute atomic E-state index is 0.0243. The maximum atomic E-state index is 11.4. The average molecular weight is 332 g/mol. The minimum Gasteiger partial charge on any atom is -0.491 e. The molecule has 0 unspecified atom stereocenters. The second-order valence-corrected chi connectivity index (χ2v) is 7.38. The third kappa shape index (κ3) is 4.51. The van der Waals surface area contributed by atoms with Crippen LogP contribution >= 0.6 is 0 Å². The fraction of sp³-hybridized carbons (Fsp3) is 0.611. The predicted molar refractivity (Wildman–Crippen MR) is 91.5 cm³/mol. The molecule has 0 bridgehead atoms. The van der Waals surface area contributed by atoms with Gasteiger partial charge < -0.3 is 18.8 Å². The van der Waals surface area contributed by atoms with Gasteiger partial charge in [0.25, 0.3) is 0 Å². The van der Waals surface area contributed by atoms with Crippen molar-refractivity contribution in [2.75, 3.05) is 20.3 Å². The van der Waals surface area contributed by atoms with E-state index in [2.05, 4.69) is 13.8 Å². The Hall–Kier alpha value is -1.53. The van der Waals surface area contributed by atoms with Gasteiger partial charge in [-0.05, 0) is 30.9 Å². The molecule has 0 aromatic heterocycles. The molecule has 6 heteroatoms. The number of esters is 1. The lowest BCUT2D eigenvalue weighted by molar-refractivity contribution is -0.140. The highest BCUT2D eigenvalue weighted by Gasteiger charge is 2.36. The van der Waals surface area contributed by atoms with E-state index in [0.29, 0.717) is 32.2 Å². The van der Waals surface area contributed by atoms with Gasteiger partial charge in [-0.1, -0.05) is 26.0 Å². The summed E-state index contributed by atoms with van der Waals surface area (Å²) in [5.41, 5.74) is 1.99. The SMILES string of the molecule is COC(=O)CCc1ccc(OC2CC2)c(B2OCC(C)(C)CO2)c1. The quantitative estimate of drug-likeness (QED) is 0.590. The van der Waals surface area contributed by atoms with Gasteiger partial charge in [0.1, 0.15) is 5.75 Å². The first-order chi connectivity index (χ1) is 11.5. The maximum absolute atomic E-state index is 11.4. The lowest BCUT2D eigenvalue weighted by atomic mass is 9.74. The van der Waals surface area contributed by atoms with Gasteiger partial charge in [0.05, 0.1) is 13.2 Å². The van der Waals surface area contributed by atoms with Gasteiger partial charge in [-0.2, -0.15) is 0 Å². The molecule has 1 aromatic rings. The van der Waals surface area contributed by atoms with Gasteiger partial charge in [0.2, 0.25) is 0 Å². The zero-order chi connectivity index (χ0) is 17.2. The molecule has 1 heterocycles. The summed E-state index contributed by atoms with van der Waals surface area (Å²) in [4.78, 5) is 11.4. The van der Waals surface area contributed by atoms with E-state index in [4.69, 9.17) is 18.8 Å². The molecule has 1 aliphatic heterocycles. The number of aryl methyl sites for hydroxylation is 1. The Kier molecular flexibility index (Phi) is 5.16. The van der Waals surface area contributed by atoms with E-state index in [-0.39, 0.29) is 11.4 Å². The van der Waals surface area contributed by atoms with Crippen LogP contribution in [0.1, 0.15) is 38.7 Å². The van der Waals surface area contributed by atoms with Crippen LogP contribution in [-0.2, 0) is 25.3 Å². The summed E-state index contributed by atoms with van der Waals surface area (Å²) in [5, 5.41) is 0. The third-order valence-corrected chi connectivity index (χ3v) is 4.24. The highest BCUT2D eigenvalue weighted by Crippen LogP contribution is 2.28. The average Bonchev–Trinajstić information content (AvgIpc) is 3.38. The molecule has 1 saturated carbocycles. The van der Waals surface area contributed by atoms with E-state index >= 15 is 0 Å². The first-order valence-electron chi connectivity index (χ1n) is 8.56. The van der Waals surface area contributed by atoms with Crippen molar-refractivity contribution in [1.82, 2.24) is 0 Å². The van der Waals surface area contributed by atoms with Crippen LogP contribution in [0.15, 0.2) is 18.2 Å². The molecule has 1 aromatic carbocycles. The molecule has 1 aliphatic carbocycles. The van der Waals surface area contributed by atoms with E-state index in [0.717, 1.165) is 29.6 Å². The second kappa shape index (κ2) is 7.15. The lowest BCUT2D eigenvalue weighted by Gasteiger charge is -2.33. The van der Waals surface area contributed by atoms with Crippen molar-refractivity contribution in [3.05, 3.63) is 23.8 Å². The van der Waals surface area contributed by atoms with E-state index < -0.39 is 7.12 Å². The minimum atomic E-state index is -0.412. The lowest BCUT2D eigenvalue weighted by Crippen LogP contribution is -2.48. The smallest absolute Gasteiger partial charge is 0.491 e. The number of carbonyl (C=O) groups excluding carboxylic acids is 1. The zero-order valence-corrected chi connectivity index (χ0v) is 14.7. The van der Waals surface area contributed by atoms with Crippen LogP contribution in [0.25, 0.3) is 0 Å². The number of carbonyl (C=O) groups is 1. The summed E-state index contributed by atoms with van der Waals surface area (Å²) in [5.74, 6) is 0.616. The van der Waals surface area contributed by atoms with Crippen molar-refractivity contribution in [3.8, 4) is 5.75 Å². The van der Waals surface area contributed by atoms with Crippen molar-refractivity contribution in [1.29, 1.82) is 0 Å². The Morgan fingerprint density at radius 1 is 1.29 bits per heavy atom. The molecule has 0 amide bonds. The van der Waals surface area contributed by atoms with E-state index in [9.17, 15) is 4.79 Å². The fourth-order valence-corrected chi connectivity index (χ4v) is 2.63. The van der Waals surface area contributed by atoms with Gasteiger partial charge >= 0.3 is 13.1 Å². The summed E-state index contributed by atoms with van der Waals surface area (Å²) >= 11 is 0. The molecule has 1 saturated heterocycles. The monoisotopic (exact) mass is 332 g/mol. The van der Waals surface area contributed by atoms with Gasteiger partial charge in [-0.3, -0.25) is 4.79 Å². The van der Waals surface area contributed by atoms with Gasteiger partial charge in [0.15, 0.2) is 0 Å². The standard InChI is InChI=1S/C18H25BO5/c1-18(2)11-22-19(23-12-18)15-10-13(5-9-17(20)21-3)4-8-16(15)24-14-6-7-14/h4,8,10,14H,5-7,9,11-12H2,1-3H3. The topological polar surface area (TPSA) is 54.0 Å². The van der Waals surface area contributed by atoms with Crippen molar-refractivity contribution in [3.63, 3.8) is 0 Å². The number of hydrogen-bond donors (Lipinski definition) is 0. The molecule has 2 fully saturated rings. The van der Waals surface area contributed by atoms with Crippen molar-refractivity contribution in [2.45, 2.75) is 45.6 Å². The van der Waals surface area contributed by atoms with Crippen molar-refractivity contribution < 1.29 is 23.6 Å². The Bertz CT molecular complexity index is 587. The molecule has 3 rings (SSSR count). The molecular weight excluding hydrogens is 307 g/mol. The second-order valence-electron chi connectivity index (χ2n) is 7.38. The Balaban J connectivity index is 1.76. The summed E-state index contributed by atoms with van der Waals surface area (Å²) in [6.07, 6.45) is 3.50. The Morgan fingerprint density at radius 3 is 2.62 bits per heavy atom. The van der Waals surface area contributed by atoms with E-state index in [1.54, 1.807) is 0 Å². The molecule has 2 aliphatic rings. The number of hydrogen-bond acceptors (Lipinski definition) is 5.